The molecule has 9 heteroatoms. The zero-order chi connectivity index (χ0) is 19.8. The zero-order valence-corrected chi connectivity index (χ0v) is 18.6. The molecular formula is C20H24FIN6O. The second-order valence-corrected chi connectivity index (χ2v) is 6.18. The van der Waals surface area contributed by atoms with E-state index in [1.54, 1.807) is 31.7 Å². The summed E-state index contributed by atoms with van der Waals surface area (Å²) in [6, 6.07) is 9.92. The molecule has 0 spiro atoms. The van der Waals surface area contributed by atoms with Crippen LogP contribution in [0.3, 0.4) is 0 Å². The molecule has 0 saturated heterocycles. The number of halogens is 2. The van der Waals surface area contributed by atoms with Crippen molar-refractivity contribution >= 4 is 29.9 Å². The standard InChI is InChI=1S/C20H23FN6O.HI/c1-15(28-18-6-4-17(21)5-7-18)11-25-20(22-2)26-13-16-3-8-19(24-12-16)27-10-9-23-14-27;/h3-10,12,14-15H,11,13H2,1-2H3,(H2,22,25,26);1H. The van der Waals surface area contributed by atoms with Crippen LogP contribution in [0, 0.1) is 5.82 Å². The fraction of sp³-hybridized carbons (Fsp3) is 0.250. The minimum Gasteiger partial charge on any atom is -0.489 e. The second-order valence-electron chi connectivity index (χ2n) is 6.18. The highest BCUT2D eigenvalue weighted by Gasteiger charge is 2.06. The Labute approximate surface area is 186 Å². The Morgan fingerprint density at radius 2 is 2.00 bits per heavy atom. The van der Waals surface area contributed by atoms with Crippen molar-refractivity contribution in [3.8, 4) is 11.6 Å². The quantitative estimate of drug-likeness (QED) is 0.290. The lowest BCUT2D eigenvalue weighted by molar-refractivity contribution is 0.223. The first-order valence-electron chi connectivity index (χ1n) is 8.94. The highest BCUT2D eigenvalue weighted by atomic mass is 127. The number of hydrogen-bond acceptors (Lipinski definition) is 4. The highest BCUT2D eigenvalue weighted by molar-refractivity contribution is 14.0. The first-order chi connectivity index (χ1) is 13.6. The number of pyridine rings is 1. The van der Waals surface area contributed by atoms with E-state index in [0.717, 1.165) is 11.4 Å². The fourth-order valence-electron chi connectivity index (χ4n) is 2.50. The summed E-state index contributed by atoms with van der Waals surface area (Å²) in [7, 11) is 1.71. The van der Waals surface area contributed by atoms with Crippen molar-refractivity contribution < 1.29 is 9.13 Å². The van der Waals surface area contributed by atoms with Gasteiger partial charge >= 0.3 is 0 Å². The molecule has 1 atom stereocenters. The molecule has 0 saturated carbocycles. The van der Waals surface area contributed by atoms with Gasteiger partial charge in [-0.2, -0.15) is 0 Å². The maximum Gasteiger partial charge on any atom is 0.191 e. The minimum absolute atomic E-state index is 0. The van der Waals surface area contributed by atoms with Gasteiger partial charge in [0.15, 0.2) is 5.96 Å². The van der Waals surface area contributed by atoms with Crippen LogP contribution in [0.5, 0.6) is 5.75 Å². The maximum atomic E-state index is 12.9. The van der Waals surface area contributed by atoms with Crippen LogP contribution in [0.15, 0.2) is 66.3 Å². The Morgan fingerprint density at radius 3 is 2.62 bits per heavy atom. The summed E-state index contributed by atoms with van der Waals surface area (Å²) in [4.78, 5) is 12.7. The average Bonchev–Trinajstić information content (AvgIpc) is 3.25. The fourth-order valence-corrected chi connectivity index (χ4v) is 2.50. The Hall–Kier alpha value is -2.69. The predicted molar refractivity (Wildman–Crippen MR) is 121 cm³/mol. The van der Waals surface area contributed by atoms with Gasteiger partial charge in [-0.15, -0.1) is 24.0 Å². The molecule has 0 radical (unpaired) electrons. The van der Waals surface area contributed by atoms with E-state index in [1.807, 2.05) is 36.0 Å². The zero-order valence-electron chi connectivity index (χ0n) is 16.2. The van der Waals surface area contributed by atoms with E-state index in [1.165, 1.54) is 12.1 Å². The van der Waals surface area contributed by atoms with E-state index in [2.05, 4.69) is 25.6 Å². The van der Waals surface area contributed by atoms with Crippen molar-refractivity contribution in [1.82, 2.24) is 25.2 Å². The van der Waals surface area contributed by atoms with Gasteiger partial charge in [0.05, 0.1) is 6.54 Å². The largest absolute Gasteiger partial charge is 0.489 e. The molecule has 0 aliphatic heterocycles. The number of imidazole rings is 1. The average molecular weight is 510 g/mol. The molecule has 0 amide bonds. The molecule has 0 aliphatic carbocycles. The lowest BCUT2D eigenvalue weighted by Gasteiger charge is -2.17. The van der Waals surface area contributed by atoms with E-state index in [9.17, 15) is 4.39 Å². The second kappa shape index (κ2) is 11.3. The molecule has 7 nitrogen and oxygen atoms in total. The first-order valence-corrected chi connectivity index (χ1v) is 8.94. The van der Waals surface area contributed by atoms with E-state index in [0.29, 0.717) is 24.8 Å². The van der Waals surface area contributed by atoms with Gasteiger partial charge in [0.25, 0.3) is 0 Å². The van der Waals surface area contributed by atoms with Gasteiger partial charge in [-0.05, 0) is 42.8 Å². The number of aliphatic imine (C=N–C) groups is 1. The third kappa shape index (κ3) is 7.00. The Kier molecular flexibility index (Phi) is 8.84. The summed E-state index contributed by atoms with van der Waals surface area (Å²) in [5, 5.41) is 6.45. The number of aromatic nitrogens is 3. The summed E-state index contributed by atoms with van der Waals surface area (Å²) in [5.74, 6) is 1.82. The number of rotatable bonds is 7. The number of benzene rings is 1. The molecule has 29 heavy (non-hydrogen) atoms. The SMILES string of the molecule is CN=C(NCc1ccc(-n2ccnc2)nc1)NCC(C)Oc1ccc(F)cc1.I. The number of guanidine groups is 1. The van der Waals surface area contributed by atoms with Crippen molar-refractivity contribution in [3.63, 3.8) is 0 Å². The predicted octanol–water partition coefficient (Wildman–Crippen LogP) is 3.16. The molecule has 154 valence electrons. The van der Waals surface area contributed by atoms with E-state index >= 15 is 0 Å². The Balaban J connectivity index is 0.00000300. The smallest absolute Gasteiger partial charge is 0.191 e. The number of nitrogens with zero attached hydrogens (tertiary/aromatic N) is 4. The van der Waals surface area contributed by atoms with Crippen LogP contribution in [0.25, 0.3) is 5.82 Å². The molecule has 3 rings (SSSR count). The molecule has 2 aromatic heterocycles. The molecule has 0 aliphatic rings. The third-order valence-electron chi connectivity index (χ3n) is 3.97. The monoisotopic (exact) mass is 510 g/mol. The van der Waals surface area contributed by atoms with Crippen LogP contribution in [0.2, 0.25) is 0 Å². The molecule has 2 heterocycles. The van der Waals surface area contributed by atoms with E-state index in [4.69, 9.17) is 4.74 Å². The van der Waals surface area contributed by atoms with Gasteiger partial charge in [-0.1, -0.05) is 6.07 Å². The van der Waals surface area contributed by atoms with Crippen LogP contribution in [0.1, 0.15) is 12.5 Å². The summed E-state index contributed by atoms with van der Waals surface area (Å²) in [5.41, 5.74) is 1.03. The van der Waals surface area contributed by atoms with Gasteiger partial charge < -0.3 is 15.4 Å². The summed E-state index contributed by atoms with van der Waals surface area (Å²) in [6.07, 6.45) is 6.98. The van der Waals surface area contributed by atoms with Crippen molar-refractivity contribution in [3.05, 3.63) is 72.7 Å². The van der Waals surface area contributed by atoms with Crippen LogP contribution in [-0.2, 0) is 6.54 Å². The summed E-state index contributed by atoms with van der Waals surface area (Å²) in [6.45, 7) is 3.07. The van der Waals surface area contributed by atoms with Gasteiger partial charge in [0, 0.05) is 32.2 Å². The lowest BCUT2D eigenvalue weighted by atomic mass is 10.3. The minimum atomic E-state index is -0.282. The van der Waals surface area contributed by atoms with Crippen molar-refractivity contribution in [2.45, 2.75) is 19.6 Å². The first kappa shape index (κ1) is 22.6. The Bertz CT molecular complexity index is 884. The number of hydrogen-bond donors (Lipinski definition) is 2. The van der Waals surface area contributed by atoms with Gasteiger partial charge in [-0.25, -0.2) is 14.4 Å². The van der Waals surface area contributed by atoms with E-state index < -0.39 is 0 Å². The molecular weight excluding hydrogens is 486 g/mol. The normalized spacial score (nSPS) is 12.0. The molecule has 1 unspecified atom stereocenters. The molecule has 1 aromatic carbocycles. The molecule has 0 bridgehead atoms. The molecule has 2 N–H and O–H groups in total. The third-order valence-corrected chi connectivity index (χ3v) is 3.97. The lowest BCUT2D eigenvalue weighted by Crippen LogP contribution is -2.41. The Morgan fingerprint density at radius 1 is 1.21 bits per heavy atom. The number of ether oxygens (including phenoxy) is 1. The maximum absolute atomic E-state index is 12.9. The summed E-state index contributed by atoms with van der Waals surface area (Å²) >= 11 is 0. The topological polar surface area (TPSA) is 76.4 Å². The van der Waals surface area contributed by atoms with Crippen LogP contribution in [0.4, 0.5) is 4.39 Å². The molecule has 3 aromatic rings. The van der Waals surface area contributed by atoms with Gasteiger partial charge in [0.2, 0.25) is 0 Å². The van der Waals surface area contributed by atoms with Crippen LogP contribution < -0.4 is 15.4 Å². The van der Waals surface area contributed by atoms with E-state index in [-0.39, 0.29) is 35.9 Å². The highest BCUT2D eigenvalue weighted by Crippen LogP contribution is 2.12. The van der Waals surface area contributed by atoms with Gasteiger partial charge in [-0.3, -0.25) is 9.56 Å². The van der Waals surface area contributed by atoms with Crippen LogP contribution >= 0.6 is 24.0 Å². The summed E-state index contributed by atoms with van der Waals surface area (Å²) < 4.78 is 20.5. The van der Waals surface area contributed by atoms with Crippen molar-refractivity contribution in [2.24, 2.45) is 4.99 Å². The van der Waals surface area contributed by atoms with Crippen molar-refractivity contribution in [2.75, 3.05) is 13.6 Å². The number of nitrogens with one attached hydrogen (secondary N) is 2. The van der Waals surface area contributed by atoms with Gasteiger partial charge in [0.1, 0.15) is 29.8 Å². The van der Waals surface area contributed by atoms with Crippen LogP contribution in [-0.4, -0.2) is 40.2 Å². The molecule has 0 fully saturated rings. The van der Waals surface area contributed by atoms with Crippen molar-refractivity contribution in [1.29, 1.82) is 0 Å².